The van der Waals surface area contributed by atoms with Crippen LogP contribution in [0.2, 0.25) is 0 Å². The summed E-state index contributed by atoms with van der Waals surface area (Å²) in [7, 11) is 1.83. The van der Waals surface area contributed by atoms with Crippen LogP contribution in [0, 0.1) is 6.07 Å². The molecule has 0 aromatic heterocycles. The van der Waals surface area contributed by atoms with E-state index in [4.69, 9.17) is 0 Å². The molecule has 0 N–H and O–H groups in total. The SMILES string of the molecule is CCSC(=NC)c1cc[c]cc1. The lowest BCUT2D eigenvalue weighted by atomic mass is 10.2. The van der Waals surface area contributed by atoms with Crippen molar-refractivity contribution in [3.8, 4) is 0 Å². The minimum Gasteiger partial charge on any atom is -0.281 e. The highest BCUT2D eigenvalue weighted by atomic mass is 32.2. The summed E-state index contributed by atoms with van der Waals surface area (Å²) >= 11 is 1.77. The zero-order valence-corrected chi connectivity index (χ0v) is 8.19. The average Bonchev–Trinajstić information content (AvgIpc) is 2.15. The smallest absolute Gasteiger partial charge is 0.0973 e. The van der Waals surface area contributed by atoms with Gasteiger partial charge in [0.2, 0.25) is 0 Å². The van der Waals surface area contributed by atoms with E-state index >= 15 is 0 Å². The van der Waals surface area contributed by atoms with E-state index in [1.165, 1.54) is 5.56 Å². The number of thioether (sulfide) groups is 1. The topological polar surface area (TPSA) is 12.4 Å². The molecule has 0 unspecified atom stereocenters. The summed E-state index contributed by atoms with van der Waals surface area (Å²) in [6.45, 7) is 2.13. The predicted molar refractivity (Wildman–Crippen MR) is 55.9 cm³/mol. The fourth-order valence-electron chi connectivity index (χ4n) is 0.943. The number of nitrogens with zero attached hydrogens (tertiary/aromatic N) is 1. The highest BCUT2D eigenvalue weighted by Crippen LogP contribution is 2.12. The Labute approximate surface area is 77.9 Å². The number of benzene rings is 1. The van der Waals surface area contributed by atoms with E-state index in [1.807, 2.05) is 31.3 Å². The van der Waals surface area contributed by atoms with Gasteiger partial charge < -0.3 is 0 Å². The zero-order valence-electron chi connectivity index (χ0n) is 7.37. The normalized spacial score (nSPS) is 11.7. The lowest BCUT2D eigenvalue weighted by Crippen LogP contribution is -1.94. The molecule has 63 valence electrons. The molecule has 1 nitrogen and oxygen atoms in total. The van der Waals surface area contributed by atoms with Crippen LogP contribution in [-0.2, 0) is 0 Å². The van der Waals surface area contributed by atoms with Gasteiger partial charge in [-0.3, -0.25) is 4.99 Å². The molecule has 0 saturated heterocycles. The minimum atomic E-state index is 1.06. The molecule has 1 radical (unpaired) electrons. The first-order chi connectivity index (χ1) is 5.88. The van der Waals surface area contributed by atoms with Crippen molar-refractivity contribution in [3.63, 3.8) is 0 Å². The fourth-order valence-corrected chi connectivity index (χ4v) is 1.65. The van der Waals surface area contributed by atoms with Gasteiger partial charge in [-0.2, -0.15) is 0 Å². The Morgan fingerprint density at radius 1 is 1.50 bits per heavy atom. The first kappa shape index (κ1) is 9.33. The van der Waals surface area contributed by atoms with Crippen molar-refractivity contribution in [2.24, 2.45) is 4.99 Å². The maximum absolute atomic E-state index is 4.21. The molecule has 0 amide bonds. The first-order valence-corrected chi connectivity index (χ1v) is 4.93. The van der Waals surface area contributed by atoms with Crippen molar-refractivity contribution in [1.82, 2.24) is 0 Å². The van der Waals surface area contributed by atoms with Gasteiger partial charge in [0.15, 0.2) is 0 Å². The van der Waals surface area contributed by atoms with E-state index in [0.717, 1.165) is 10.8 Å². The third kappa shape index (κ3) is 2.38. The van der Waals surface area contributed by atoms with Crippen LogP contribution in [0.5, 0.6) is 0 Å². The Morgan fingerprint density at radius 3 is 2.67 bits per heavy atom. The fraction of sp³-hybridized carbons (Fsp3) is 0.300. The quantitative estimate of drug-likeness (QED) is 0.501. The monoisotopic (exact) mass is 178 g/mol. The van der Waals surface area contributed by atoms with Crippen LogP contribution in [0.25, 0.3) is 0 Å². The summed E-state index contributed by atoms with van der Waals surface area (Å²) in [5.41, 5.74) is 1.18. The summed E-state index contributed by atoms with van der Waals surface area (Å²) in [6.07, 6.45) is 0. The molecule has 0 atom stereocenters. The second-order valence-electron chi connectivity index (χ2n) is 2.25. The third-order valence-corrected chi connectivity index (χ3v) is 2.43. The summed E-state index contributed by atoms with van der Waals surface area (Å²) in [4.78, 5) is 4.21. The summed E-state index contributed by atoms with van der Waals surface area (Å²) in [6, 6.07) is 10.9. The minimum absolute atomic E-state index is 1.06. The first-order valence-electron chi connectivity index (χ1n) is 3.94. The van der Waals surface area contributed by atoms with Gasteiger partial charge in [0.05, 0.1) is 5.04 Å². The molecule has 0 bridgehead atoms. The van der Waals surface area contributed by atoms with Crippen molar-refractivity contribution in [2.45, 2.75) is 6.92 Å². The van der Waals surface area contributed by atoms with E-state index in [2.05, 4.69) is 18.0 Å². The molecule has 2 heteroatoms. The van der Waals surface area contributed by atoms with Crippen molar-refractivity contribution in [3.05, 3.63) is 35.9 Å². The van der Waals surface area contributed by atoms with Crippen LogP contribution in [0.3, 0.4) is 0 Å². The van der Waals surface area contributed by atoms with Crippen LogP contribution in [0.4, 0.5) is 0 Å². The number of hydrogen-bond donors (Lipinski definition) is 0. The predicted octanol–water partition coefficient (Wildman–Crippen LogP) is 2.62. The third-order valence-electron chi connectivity index (χ3n) is 1.45. The number of rotatable bonds is 2. The Kier molecular flexibility index (Phi) is 3.88. The van der Waals surface area contributed by atoms with Gasteiger partial charge >= 0.3 is 0 Å². The zero-order chi connectivity index (χ0) is 8.81. The lowest BCUT2D eigenvalue weighted by Gasteiger charge is -2.01. The van der Waals surface area contributed by atoms with E-state index in [0.29, 0.717) is 0 Å². The molecule has 1 aromatic carbocycles. The van der Waals surface area contributed by atoms with Crippen LogP contribution in [0.15, 0.2) is 29.3 Å². The van der Waals surface area contributed by atoms with Crippen LogP contribution < -0.4 is 0 Å². The van der Waals surface area contributed by atoms with Gasteiger partial charge in [-0.15, -0.1) is 11.8 Å². The molecule has 0 aliphatic heterocycles. The second kappa shape index (κ2) is 4.99. The Morgan fingerprint density at radius 2 is 2.17 bits per heavy atom. The van der Waals surface area contributed by atoms with Crippen LogP contribution in [-0.4, -0.2) is 17.8 Å². The van der Waals surface area contributed by atoms with Gasteiger partial charge in [0.25, 0.3) is 0 Å². The van der Waals surface area contributed by atoms with Crippen molar-refractivity contribution in [2.75, 3.05) is 12.8 Å². The summed E-state index contributed by atoms with van der Waals surface area (Å²) < 4.78 is 0. The van der Waals surface area contributed by atoms with Crippen LogP contribution >= 0.6 is 11.8 Å². The average molecular weight is 178 g/mol. The molecule has 1 rings (SSSR count). The molecular weight excluding hydrogens is 166 g/mol. The Hall–Kier alpha value is -0.760. The molecule has 0 aliphatic carbocycles. The van der Waals surface area contributed by atoms with Gasteiger partial charge in [-0.1, -0.05) is 31.2 Å². The molecule has 0 spiro atoms. The summed E-state index contributed by atoms with van der Waals surface area (Å²) in [5, 5.41) is 1.10. The highest BCUT2D eigenvalue weighted by molar-refractivity contribution is 8.14. The maximum Gasteiger partial charge on any atom is 0.0973 e. The molecular formula is C10H12NS. The largest absolute Gasteiger partial charge is 0.281 e. The molecule has 0 fully saturated rings. The number of aliphatic imine (C=N–C) groups is 1. The Bertz CT molecular complexity index is 254. The van der Waals surface area contributed by atoms with E-state index in [1.54, 1.807) is 11.8 Å². The maximum atomic E-state index is 4.21. The van der Waals surface area contributed by atoms with Crippen LogP contribution in [0.1, 0.15) is 12.5 Å². The van der Waals surface area contributed by atoms with Crippen molar-refractivity contribution in [1.29, 1.82) is 0 Å². The van der Waals surface area contributed by atoms with Crippen molar-refractivity contribution >= 4 is 16.8 Å². The van der Waals surface area contributed by atoms with Gasteiger partial charge in [-0.25, -0.2) is 0 Å². The van der Waals surface area contributed by atoms with E-state index in [9.17, 15) is 0 Å². The molecule has 1 aromatic rings. The molecule has 0 saturated carbocycles. The highest BCUT2D eigenvalue weighted by Gasteiger charge is 1.99. The lowest BCUT2D eigenvalue weighted by molar-refractivity contribution is 1.45. The van der Waals surface area contributed by atoms with E-state index in [-0.39, 0.29) is 0 Å². The van der Waals surface area contributed by atoms with Gasteiger partial charge in [-0.05, 0) is 11.8 Å². The van der Waals surface area contributed by atoms with Gasteiger partial charge in [0.1, 0.15) is 0 Å². The van der Waals surface area contributed by atoms with Crippen molar-refractivity contribution < 1.29 is 0 Å². The Balaban J connectivity index is 2.82. The summed E-state index contributed by atoms with van der Waals surface area (Å²) in [5.74, 6) is 1.06. The molecule has 0 aliphatic rings. The van der Waals surface area contributed by atoms with E-state index < -0.39 is 0 Å². The second-order valence-corrected chi connectivity index (χ2v) is 3.50. The van der Waals surface area contributed by atoms with Gasteiger partial charge in [0, 0.05) is 12.6 Å². The molecule has 12 heavy (non-hydrogen) atoms. The number of hydrogen-bond acceptors (Lipinski definition) is 2. The standard InChI is InChI=1S/C10H12NS/c1-3-12-10(11-2)9-7-5-4-6-8-9/h5-8H,3H2,1-2H3. The molecule has 0 heterocycles.